The van der Waals surface area contributed by atoms with Crippen LogP contribution in [-0.4, -0.2) is 39.7 Å². The summed E-state index contributed by atoms with van der Waals surface area (Å²) in [6.07, 6.45) is 1.11. The summed E-state index contributed by atoms with van der Waals surface area (Å²) in [5, 5.41) is 8.93. The molecule has 0 aromatic carbocycles. The fourth-order valence-corrected chi connectivity index (χ4v) is 1.74. The Morgan fingerprint density at radius 3 is 2.69 bits per heavy atom. The lowest BCUT2D eigenvalue weighted by Gasteiger charge is -2.22. The van der Waals surface area contributed by atoms with E-state index >= 15 is 0 Å². The number of hydrazone groups is 1. The number of hydrogen-bond acceptors (Lipinski definition) is 4. The number of carbonyl (C=O) groups is 2. The van der Waals surface area contributed by atoms with E-state index in [-0.39, 0.29) is 5.15 Å². The predicted octanol–water partition coefficient (Wildman–Crippen LogP) is 0.413. The van der Waals surface area contributed by atoms with E-state index in [1.807, 2.05) is 0 Å². The number of rotatable bonds is 1. The number of nitrogens with zero attached hydrogens (tertiary/aromatic N) is 4. The van der Waals surface area contributed by atoms with E-state index in [0.29, 0.717) is 5.69 Å². The molecule has 1 aromatic rings. The van der Waals surface area contributed by atoms with E-state index in [4.69, 9.17) is 11.6 Å². The Labute approximate surface area is 96.5 Å². The van der Waals surface area contributed by atoms with Gasteiger partial charge in [0.25, 0.3) is 5.91 Å². The van der Waals surface area contributed by atoms with Gasteiger partial charge in [0, 0.05) is 12.7 Å². The van der Waals surface area contributed by atoms with Crippen molar-refractivity contribution in [1.29, 1.82) is 0 Å². The van der Waals surface area contributed by atoms with Crippen molar-refractivity contribution >= 4 is 29.5 Å². The normalized spacial score (nSPS) is 20.7. The van der Waals surface area contributed by atoms with Crippen LogP contribution >= 0.6 is 11.6 Å². The second-order valence-corrected chi connectivity index (χ2v) is 3.85. The summed E-state index contributed by atoms with van der Waals surface area (Å²) in [6.45, 7) is 1.73. The number of Topliss-reactive ketones (excluding diaryl/α,β-unsaturated/α-hetero) is 1. The molecule has 1 amide bonds. The minimum atomic E-state index is -0.991. The van der Waals surface area contributed by atoms with Gasteiger partial charge in [0.15, 0.2) is 11.2 Å². The maximum Gasteiger partial charge on any atom is 0.275 e. The van der Waals surface area contributed by atoms with Crippen molar-refractivity contribution < 1.29 is 9.59 Å². The first-order chi connectivity index (χ1) is 7.50. The van der Waals surface area contributed by atoms with E-state index in [1.54, 1.807) is 13.0 Å². The monoisotopic (exact) mass is 240 g/mol. The lowest BCUT2D eigenvalue weighted by molar-refractivity contribution is -0.138. The van der Waals surface area contributed by atoms with Crippen LogP contribution in [0.1, 0.15) is 11.7 Å². The number of amides is 1. The Kier molecular flexibility index (Phi) is 2.51. The van der Waals surface area contributed by atoms with Crippen LogP contribution in [-0.2, 0) is 9.59 Å². The van der Waals surface area contributed by atoms with E-state index in [9.17, 15) is 9.59 Å². The van der Waals surface area contributed by atoms with Gasteiger partial charge in [-0.2, -0.15) is 10.2 Å². The van der Waals surface area contributed by atoms with Gasteiger partial charge in [0.1, 0.15) is 0 Å². The van der Waals surface area contributed by atoms with Crippen LogP contribution in [0, 0.1) is 6.92 Å². The van der Waals surface area contributed by atoms with Crippen LogP contribution in [0.4, 0.5) is 0 Å². The van der Waals surface area contributed by atoms with Gasteiger partial charge in [-0.3, -0.25) is 9.59 Å². The Morgan fingerprint density at radius 2 is 2.12 bits per heavy atom. The van der Waals surface area contributed by atoms with Crippen LogP contribution in [0.5, 0.6) is 0 Å². The van der Waals surface area contributed by atoms with Crippen molar-refractivity contribution in [3.63, 3.8) is 0 Å². The van der Waals surface area contributed by atoms with Crippen LogP contribution < -0.4 is 0 Å². The highest BCUT2D eigenvalue weighted by molar-refractivity contribution is 6.35. The van der Waals surface area contributed by atoms with Gasteiger partial charge in [-0.1, -0.05) is 11.6 Å². The number of halogens is 1. The predicted molar refractivity (Wildman–Crippen MR) is 57.3 cm³/mol. The van der Waals surface area contributed by atoms with Gasteiger partial charge >= 0.3 is 0 Å². The van der Waals surface area contributed by atoms with Gasteiger partial charge in [-0.25, -0.2) is 9.69 Å². The quantitative estimate of drug-likeness (QED) is 0.668. The highest BCUT2D eigenvalue weighted by atomic mass is 35.5. The molecular weight excluding hydrogens is 232 g/mol. The van der Waals surface area contributed by atoms with Crippen molar-refractivity contribution in [1.82, 2.24) is 14.8 Å². The zero-order chi connectivity index (χ0) is 11.9. The highest BCUT2D eigenvalue weighted by Crippen LogP contribution is 2.19. The van der Waals surface area contributed by atoms with Gasteiger partial charge in [0.05, 0.1) is 6.21 Å². The molecule has 1 aliphatic heterocycles. The average molecular weight is 241 g/mol. The molecule has 1 aliphatic rings. The van der Waals surface area contributed by atoms with Gasteiger partial charge in [0.2, 0.25) is 5.78 Å². The molecule has 84 valence electrons. The average Bonchev–Trinajstić information content (AvgIpc) is 2.53. The number of hydrogen-bond donors (Lipinski definition) is 0. The van der Waals surface area contributed by atoms with Gasteiger partial charge in [-0.15, -0.1) is 0 Å². The molecule has 0 spiro atoms. The molecule has 2 rings (SSSR count). The smallest absolute Gasteiger partial charge is 0.275 e. The molecule has 1 aromatic heterocycles. The summed E-state index contributed by atoms with van der Waals surface area (Å²) < 4.78 is 1.31. The van der Waals surface area contributed by atoms with Crippen molar-refractivity contribution in [3.8, 4) is 0 Å². The third-order valence-corrected chi connectivity index (χ3v) is 2.50. The van der Waals surface area contributed by atoms with Gasteiger partial charge < -0.3 is 0 Å². The lowest BCUT2D eigenvalue weighted by Crippen LogP contribution is -2.41. The zero-order valence-corrected chi connectivity index (χ0v) is 9.47. The molecule has 0 aliphatic carbocycles. The molecule has 1 unspecified atom stereocenters. The molecule has 0 saturated carbocycles. The number of ketones is 1. The van der Waals surface area contributed by atoms with Crippen molar-refractivity contribution in [2.75, 3.05) is 7.05 Å². The molecule has 0 radical (unpaired) electrons. The zero-order valence-electron chi connectivity index (χ0n) is 8.72. The van der Waals surface area contributed by atoms with Gasteiger partial charge in [-0.05, 0) is 13.0 Å². The Hall–Kier alpha value is -1.69. The molecule has 16 heavy (non-hydrogen) atoms. The lowest BCUT2D eigenvalue weighted by atomic mass is 10.1. The largest absolute Gasteiger partial charge is 0.290 e. The topological polar surface area (TPSA) is 67.6 Å². The maximum absolute atomic E-state index is 11.8. The molecular formula is C9H9ClN4O2. The van der Waals surface area contributed by atoms with E-state index in [2.05, 4.69) is 10.2 Å². The second kappa shape index (κ2) is 3.71. The van der Waals surface area contributed by atoms with Crippen molar-refractivity contribution in [3.05, 3.63) is 16.9 Å². The number of likely N-dealkylation sites (N-methyl/N-ethyl adjacent to an activating group) is 1. The highest BCUT2D eigenvalue weighted by Gasteiger charge is 2.34. The Balaban J connectivity index is 2.47. The van der Waals surface area contributed by atoms with E-state index in [1.165, 1.54) is 11.7 Å². The summed E-state index contributed by atoms with van der Waals surface area (Å²) in [4.78, 5) is 23.4. The second-order valence-electron chi connectivity index (χ2n) is 3.46. The third kappa shape index (κ3) is 1.61. The maximum atomic E-state index is 11.8. The first kappa shape index (κ1) is 10.8. The molecule has 1 atom stereocenters. The first-order valence-corrected chi connectivity index (χ1v) is 4.95. The summed E-state index contributed by atoms with van der Waals surface area (Å²) in [6, 6.07) is 0.600. The van der Waals surface area contributed by atoms with E-state index < -0.39 is 17.7 Å². The van der Waals surface area contributed by atoms with Crippen LogP contribution in [0.3, 0.4) is 0 Å². The summed E-state index contributed by atoms with van der Waals surface area (Å²) in [7, 11) is 1.48. The number of aromatic nitrogens is 2. The Bertz CT molecular complexity index is 494. The minimum Gasteiger partial charge on any atom is -0.290 e. The van der Waals surface area contributed by atoms with Crippen LogP contribution in [0.2, 0.25) is 5.15 Å². The standard InChI is InChI=1S/C9H9ClN4O2/c1-5-3-7(10)12-14(5)8-6(15)4-11-13(2)9(8)16/h3-4,8H,1-2H3. The summed E-state index contributed by atoms with van der Waals surface area (Å²) in [5.41, 5.74) is 0.653. The SMILES string of the molecule is Cc1cc(Cl)nn1C1C(=O)C=NN(C)C1=O. The fraction of sp³-hybridized carbons (Fsp3) is 0.333. The Morgan fingerprint density at radius 1 is 1.44 bits per heavy atom. The third-order valence-electron chi connectivity index (χ3n) is 2.32. The number of aryl methyl sites for hydroxylation is 1. The first-order valence-electron chi connectivity index (χ1n) is 4.58. The summed E-state index contributed by atoms with van der Waals surface area (Å²) in [5.74, 6) is -0.818. The van der Waals surface area contributed by atoms with E-state index in [0.717, 1.165) is 11.2 Å². The molecule has 0 bridgehead atoms. The molecule has 0 N–H and O–H groups in total. The van der Waals surface area contributed by atoms with Crippen molar-refractivity contribution in [2.24, 2.45) is 5.10 Å². The van der Waals surface area contributed by atoms with Crippen LogP contribution in [0.25, 0.3) is 0 Å². The van der Waals surface area contributed by atoms with Crippen LogP contribution in [0.15, 0.2) is 11.2 Å². The molecule has 2 heterocycles. The molecule has 0 fully saturated rings. The number of carbonyl (C=O) groups excluding carboxylic acids is 2. The minimum absolute atomic E-state index is 0.253. The summed E-state index contributed by atoms with van der Waals surface area (Å²) >= 11 is 5.71. The molecule has 7 heteroatoms. The fourth-order valence-electron chi connectivity index (χ4n) is 1.51. The van der Waals surface area contributed by atoms with Crippen molar-refractivity contribution in [2.45, 2.75) is 13.0 Å². The molecule has 6 nitrogen and oxygen atoms in total. The molecule has 0 saturated heterocycles.